The van der Waals surface area contributed by atoms with E-state index in [0.717, 1.165) is 6.42 Å². The third kappa shape index (κ3) is 2.34. The SMILES string of the molecule is CCN[C@]1(c2ccccc2OC)CCCCC1(F)F. The van der Waals surface area contributed by atoms with Gasteiger partial charge in [0.15, 0.2) is 0 Å². The summed E-state index contributed by atoms with van der Waals surface area (Å²) in [7, 11) is 1.53. The summed E-state index contributed by atoms with van der Waals surface area (Å²) < 4.78 is 34.5. The molecule has 1 saturated carbocycles. The van der Waals surface area contributed by atoms with E-state index in [1.807, 2.05) is 13.0 Å². The van der Waals surface area contributed by atoms with E-state index in [9.17, 15) is 8.78 Å². The molecule has 4 heteroatoms. The predicted molar refractivity (Wildman–Crippen MR) is 71.8 cm³/mol. The zero-order valence-corrected chi connectivity index (χ0v) is 11.5. The number of para-hydroxylation sites is 1. The second-order valence-corrected chi connectivity index (χ2v) is 5.05. The molecule has 2 nitrogen and oxygen atoms in total. The molecule has 0 heterocycles. The fraction of sp³-hybridized carbons (Fsp3) is 0.600. The van der Waals surface area contributed by atoms with E-state index < -0.39 is 11.5 Å². The van der Waals surface area contributed by atoms with Crippen molar-refractivity contribution >= 4 is 0 Å². The first kappa shape index (κ1) is 14.3. The lowest BCUT2D eigenvalue weighted by Crippen LogP contribution is -2.57. The first-order chi connectivity index (χ1) is 9.07. The molecule has 1 N–H and O–H groups in total. The van der Waals surface area contributed by atoms with Crippen LogP contribution in [0.25, 0.3) is 0 Å². The molecule has 1 fully saturated rings. The standard InChI is InChI=1S/C15H21F2NO/c1-3-18-14(10-6-7-11-15(14,16)17)12-8-4-5-9-13(12)19-2/h4-5,8-9,18H,3,6-7,10-11H2,1-2H3/t14-/m0/s1. The number of ether oxygens (including phenoxy) is 1. The molecule has 106 valence electrons. The van der Waals surface area contributed by atoms with Gasteiger partial charge in [-0.05, 0) is 25.5 Å². The Kier molecular flexibility index (Phi) is 4.09. The van der Waals surface area contributed by atoms with Crippen LogP contribution in [0.1, 0.15) is 38.2 Å². The summed E-state index contributed by atoms with van der Waals surface area (Å²) in [6.07, 6.45) is 1.75. The van der Waals surface area contributed by atoms with Crippen LogP contribution in [0.15, 0.2) is 24.3 Å². The van der Waals surface area contributed by atoms with E-state index in [2.05, 4.69) is 5.32 Å². The first-order valence-corrected chi connectivity index (χ1v) is 6.84. The van der Waals surface area contributed by atoms with Gasteiger partial charge in [0.2, 0.25) is 0 Å². The third-order valence-corrected chi connectivity index (χ3v) is 3.96. The third-order valence-electron chi connectivity index (χ3n) is 3.96. The van der Waals surface area contributed by atoms with E-state index in [1.54, 1.807) is 18.2 Å². The number of halogens is 2. The Bertz CT molecular complexity index is 432. The first-order valence-electron chi connectivity index (χ1n) is 6.84. The Morgan fingerprint density at radius 3 is 2.53 bits per heavy atom. The Balaban J connectivity index is 2.54. The topological polar surface area (TPSA) is 21.3 Å². The smallest absolute Gasteiger partial charge is 0.270 e. The van der Waals surface area contributed by atoms with E-state index in [-0.39, 0.29) is 6.42 Å². The summed E-state index contributed by atoms with van der Waals surface area (Å²) in [5, 5.41) is 3.05. The molecule has 1 atom stereocenters. The maximum atomic E-state index is 14.6. The lowest BCUT2D eigenvalue weighted by atomic mass is 9.73. The van der Waals surface area contributed by atoms with Gasteiger partial charge in [-0.2, -0.15) is 0 Å². The van der Waals surface area contributed by atoms with E-state index >= 15 is 0 Å². The molecule has 1 aromatic carbocycles. The van der Waals surface area contributed by atoms with Crippen molar-refractivity contribution in [3.8, 4) is 5.75 Å². The number of benzene rings is 1. The highest BCUT2D eigenvalue weighted by molar-refractivity contribution is 5.41. The summed E-state index contributed by atoms with van der Waals surface area (Å²) >= 11 is 0. The van der Waals surface area contributed by atoms with Crippen LogP contribution in [0, 0.1) is 0 Å². The average Bonchev–Trinajstić information content (AvgIpc) is 2.41. The van der Waals surface area contributed by atoms with Crippen LogP contribution in [-0.2, 0) is 5.54 Å². The van der Waals surface area contributed by atoms with E-state index in [1.165, 1.54) is 7.11 Å². The highest BCUT2D eigenvalue weighted by Gasteiger charge is 2.56. The molecule has 1 aliphatic rings. The quantitative estimate of drug-likeness (QED) is 0.899. The van der Waals surface area contributed by atoms with Crippen molar-refractivity contribution in [2.45, 2.75) is 44.1 Å². The summed E-state index contributed by atoms with van der Waals surface area (Å²) in [5.41, 5.74) is -0.726. The monoisotopic (exact) mass is 269 g/mol. The van der Waals surface area contributed by atoms with Gasteiger partial charge in [-0.15, -0.1) is 0 Å². The van der Waals surface area contributed by atoms with Crippen LogP contribution < -0.4 is 10.1 Å². The maximum absolute atomic E-state index is 14.6. The number of hydrogen-bond acceptors (Lipinski definition) is 2. The molecule has 0 radical (unpaired) electrons. The molecule has 0 unspecified atom stereocenters. The zero-order valence-electron chi connectivity index (χ0n) is 11.5. The molecule has 0 bridgehead atoms. The van der Waals surface area contributed by atoms with Crippen LogP contribution in [-0.4, -0.2) is 19.6 Å². The number of rotatable bonds is 4. The van der Waals surface area contributed by atoms with Crippen LogP contribution >= 0.6 is 0 Å². The Labute approximate surface area is 113 Å². The Morgan fingerprint density at radius 1 is 1.21 bits per heavy atom. The van der Waals surface area contributed by atoms with Gasteiger partial charge in [0.05, 0.1) is 7.11 Å². The minimum absolute atomic E-state index is 0.0714. The summed E-state index contributed by atoms with van der Waals surface area (Å²) in [6.45, 7) is 2.37. The van der Waals surface area contributed by atoms with Gasteiger partial charge < -0.3 is 10.1 Å². The molecule has 0 aliphatic heterocycles. The van der Waals surface area contributed by atoms with Gasteiger partial charge in [0.25, 0.3) is 5.92 Å². The summed E-state index contributed by atoms with van der Waals surface area (Å²) in [5.74, 6) is -2.22. The largest absolute Gasteiger partial charge is 0.496 e. The lowest BCUT2D eigenvalue weighted by molar-refractivity contribution is -0.122. The average molecular weight is 269 g/mol. The number of methoxy groups -OCH3 is 1. The molecule has 2 rings (SSSR count). The van der Waals surface area contributed by atoms with Crippen LogP contribution in [0.4, 0.5) is 8.78 Å². The maximum Gasteiger partial charge on any atom is 0.270 e. The highest BCUT2D eigenvalue weighted by atomic mass is 19.3. The van der Waals surface area contributed by atoms with Gasteiger partial charge in [-0.25, -0.2) is 8.78 Å². The van der Waals surface area contributed by atoms with Gasteiger partial charge in [-0.3, -0.25) is 0 Å². The predicted octanol–water partition coefficient (Wildman–Crippen LogP) is 3.71. The van der Waals surface area contributed by atoms with Gasteiger partial charge in [0.1, 0.15) is 11.3 Å². The molecule has 0 spiro atoms. The molecule has 0 saturated heterocycles. The Hall–Kier alpha value is -1.16. The van der Waals surface area contributed by atoms with E-state index in [4.69, 9.17) is 4.74 Å². The fourth-order valence-corrected chi connectivity index (χ4v) is 3.08. The number of alkyl halides is 2. The van der Waals surface area contributed by atoms with Crippen molar-refractivity contribution in [3.63, 3.8) is 0 Å². The molecule has 0 amide bonds. The molecule has 19 heavy (non-hydrogen) atoms. The van der Waals surface area contributed by atoms with Crippen molar-refractivity contribution < 1.29 is 13.5 Å². The van der Waals surface area contributed by atoms with Crippen molar-refractivity contribution in [3.05, 3.63) is 29.8 Å². The van der Waals surface area contributed by atoms with Crippen LogP contribution in [0.2, 0.25) is 0 Å². The fourth-order valence-electron chi connectivity index (χ4n) is 3.08. The lowest BCUT2D eigenvalue weighted by Gasteiger charge is -2.45. The Morgan fingerprint density at radius 2 is 1.89 bits per heavy atom. The molecule has 1 aliphatic carbocycles. The normalized spacial score (nSPS) is 26.1. The second-order valence-electron chi connectivity index (χ2n) is 5.05. The van der Waals surface area contributed by atoms with Gasteiger partial charge >= 0.3 is 0 Å². The van der Waals surface area contributed by atoms with Crippen molar-refractivity contribution in [1.29, 1.82) is 0 Å². The molecule has 1 aromatic rings. The summed E-state index contributed by atoms with van der Waals surface area (Å²) in [4.78, 5) is 0. The minimum Gasteiger partial charge on any atom is -0.496 e. The molecular formula is C15H21F2NO. The molecule has 0 aromatic heterocycles. The van der Waals surface area contributed by atoms with Crippen LogP contribution in [0.3, 0.4) is 0 Å². The summed E-state index contributed by atoms with van der Waals surface area (Å²) in [6, 6.07) is 7.10. The van der Waals surface area contributed by atoms with Crippen molar-refractivity contribution in [1.82, 2.24) is 5.32 Å². The molecular weight excluding hydrogens is 248 g/mol. The van der Waals surface area contributed by atoms with E-state index in [0.29, 0.717) is 30.7 Å². The van der Waals surface area contributed by atoms with Gasteiger partial charge in [-0.1, -0.05) is 31.5 Å². The van der Waals surface area contributed by atoms with Crippen LogP contribution in [0.5, 0.6) is 5.75 Å². The van der Waals surface area contributed by atoms with Crippen molar-refractivity contribution in [2.24, 2.45) is 0 Å². The van der Waals surface area contributed by atoms with Crippen molar-refractivity contribution in [2.75, 3.05) is 13.7 Å². The highest BCUT2D eigenvalue weighted by Crippen LogP contribution is 2.50. The second kappa shape index (κ2) is 5.45. The number of hydrogen-bond donors (Lipinski definition) is 1. The minimum atomic E-state index is -2.75. The zero-order chi connectivity index (χ0) is 13.9. The number of nitrogens with one attached hydrogen (secondary N) is 1. The van der Waals surface area contributed by atoms with Gasteiger partial charge in [0, 0.05) is 12.0 Å².